The number of anilines is 1. The topological polar surface area (TPSA) is 56.3 Å². The first-order chi connectivity index (χ1) is 9.63. The van der Waals surface area contributed by atoms with Crippen LogP contribution in [0, 0.1) is 12.8 Å². The molecular formula is C15H25N3O2. The van der Waals surface area contributed by atoms with E-state index in [2.05, 4.69) is 15.3 Å². The molecule has 0 bridgehead atoms. The van der Waals surface area contributed by atoms with Crippen LogP contribution in [0.2, 0.25) is 0 Å². The molecule has 20 heavy (non-hydrogen) atoms. The van der Waals surface area contributed by atoms with Gasteiger partial charge in [-0.15, -0.1) is 0 Å². The molecule has 1 fully saturated rings. The van der Waals surface area contributed by atoms with Crippen LogP contribution in [0.1, 0.15) is 38.8 Å². The van der Waals surface area contributed by atoms with Gasteiger partial charge in [0.15, 0.2) is 0 Å². The van der Waals surface area contributed by atoms with Gasteiger partial charge in [-0.05, 0) is 46.0 Å². The third-order valence-corrected chi connectivity index (χ3v) is 2.99. The van der Waals surface area contributed by atoms with Crippen LogP contribution in [0.25, 0.3) is 0 Å². The van der Waals surface area contributed by atoms with Gasteiger partial charge < -0.3 is 14.8 Å². The lowest BCUT2D eigenvalue weighted by Crippen LogP contribution is -2.12. The molecule has 1 aromatic rings. The molecule has 112 valence electrons. The molecule has 0 spiro atoms. The first kappa shape index (κ1) is 15.0. The number of aryl methyl sites for hydroxylation is 1. The van der Waals surface area contributed by atoms with Gasteiger partial charge in [0.05, 0.1) is 6.10 Å². The maximum absolute atomic E-state index is 5.60. The Labute approximate surface area is 121 Å². The fourth-order valence-corrected chi connectivity index (χ4v) is 1.83. The first-order valence-electron chi connectivity index (χ1n) is 7.47. The minimum atomic E-state index is 0.118. The maximum atomic E-state index is 5.60. The largest absolute Gasteiger partial charge is 0.475 e. The Bertz CT molecular complexity index is 420. The van der Waals surface area contributed by atoms with Crippen molar-refractivity contribution in [2.24, 2.45) is 5.92 Å². The van der Waals surface area contributed by atoms with Gasteiger partial charge in [0.1, 0.15) is 0 Å². The van der Waals surface area contributed by atoms with Crippen molar-refractivity contribution in [1.82, 2.24) is 9.97 Å². The summed E-state index contributed by atoms with van der Waals surface area (Å²) in [4.78, 5) is 8.70. The summed E-state index contributed by atoms with van der Waals surface area (Å²) >= 11 is 0. The second kappa shape index (κ2) is 7.43. The SMILES string of the molecule is Cc1cc(OC(C)C)nc(NCCCOCC2CC2)n1. The molecule has 5 nitrogen and oxygen atoms in total. The van der Waals surface area contributed by atoms with Crippen LogP contribution in [0.15, 0.2) is 6.07 Å². The highest BCUT2D eigenvalue weighted by atomic mass is 16.5. The third kappa shape index (κ3) is 5.74. The predicted octanol–water partition coefficient (Wildman–Crippen LogP) is 2.80. The van der Waals surface area contributed by atoms with Crippen molar-refractivity contribution in [2.75, 3.05) is 25.1 Å². The Hall–Kier alpha value is -1.36. The molecule has 2 rings (SSSR count). The molecule has 1 aliphatic carbocycles. The molecule has 0 unspecified atom stereocenters. The summed E-state index contributed by atoms with van der Waals surface area (Å²) in [6.07, 6.45) is 3.76. The van der Waals surface area contributed by atoms with E-state index < -0.39 is 0 Å². The molecule has 0 aliphatic heterocycles. The van der Waals surface area contributed by atoms with Crippen molar-refractivity contribution in [3.63, 3.8) is 0 Å². The molecule has 0 atom stereocenters. The van der Waals surface area contributed by atoms with E-state index in [9.17, 15) is 0 Å². The van der Waals surface area contributed by atoms with Crippen molar-refractivity contribution >= 4 is 5.95 Å². The van der Waals surface area contributed by atoms with Gasteiger partial charge in [0, 0.05) is 31.5 Å². The monoisotopic (exact) mass is 279 g/mol. The second-order valence-corrected chi connectivity index (χ2v) is 5.64. The zero-order chi connectivity index (χ0) is 14.4. The second-order valence-electron chi connectivity index (χ2n) is 5.64. The Morgan fingerprint density at radius 3 is 2.85 bits per heavy atom. The van der Waals surface area contributed by atoms with Crippen LogP contribution in [0.3, 0.4) is 0 Å². The van der Waals surface area contributed by atoms with Gasteiger partial charge in [-0.25, -0.2) is 4.98 Å². The average Bonchev–Trinajstić information content (AvgIpc) is 3.16. The van der Waals surface area contributed by atoms with E-state index in [0.29, 0.717) is 11.8 Å². The zero-order valence-electron chi connectivity index (χ0n) is 12.7. The lowest BCUT2D eigenvalue weighted by Gasteiger charge is -2.11. The number of hydrogen-bond donors (Lipinski definition) is 1. The lowest BCUT2D eigenvalue weighted by molar-refractivity contribution is 0.124. The van der Waals surface area contributed by atoms with E-state index in [0.717, 1.165) is 37.8 Å². The molecule has 0 amide bonds. The molecule has 1 aromatic heterocycles. The van der Waals surface area contributed by atoms with Crippen LogP contribution in [0.4, 0.5) is 5.95 Å². The number of ether oxygens (including phenoxy) is 2. The highest BCUT2D eigenvalue weighted by molar-refractivity contribution is 5.30. The summed E-state index contributed by atoms with van der Waals surface area (Å²) < 4.78 is 11.2. The summed E-state index contributed by atoms with van der Waals surface area (Å²) in [6.45, 7) is 8.45. The van der Waals surface area contributed by atoms with Crippen molar-refractivity contribution in [3.8, 4) is 5.88 Å². The van der Waals surface area contributed by atoms with E-state index >= 15 is 0 Å². The fraction of sp³-hybridized carbons (Fsp3) is 0.733. The van der Waals surface area contributed by atoms with Crippen LogP contribution in [-0.2, 0) is 4.74 Å². The van der Waals surface area contributed by atoms with Crippen molar-refractivity contribution < 1.29 is 9.47 Å². The van der Waals surface area contributed by atoms with E-state index in [1.165, 1.54) is 12.8 Å². The van der Waals surface area contributed by atoms with Gasteiger partial charge in [-0.3, -0.25) is 0 Å². The van der Waals surface area contributed by atoms with Crippen molar-refractivity contribution in [1.29, 1.82) is 0 Å². The van der Waals surface area contributed by atoms with E-state index in [1.54, 1.807) is 0 Å². The molecule has 0 saturated heterocycles. The molecule has 0 radical (unpaired) electrons. The zero-order valence-corrected chi connectivity index (χ0v) is 12.7. The minimum Gasteiger partial charge on any atom is -0.475 e. The Kier molecular flexibility index (Phi) is 5.59. The van der Waals surface area contributed by atoms with E-state index in [-0.39, 0.29) is 6.10 Å². The predicted molar refractivity (Wildman–Crippen MR) is 79.2 cm³/mol. The van der Waals surface area contributed by atoms with Gasteiger partial charge in [0.25, 0.3) is 0 Å². The Balaban J connectivity index is 1.69. The summed E-state index contributed by atoms with van der Waals surface area (Å²) in [5.74, 6) is 2.08. The summed E-state index contributed by atoms with van der Waals surface area (Å²) in [7, 11) is 0. The average molecular weight is 279 g/mol. The number of hydrogen-bond acceptors (Lipinski definition) is 5. The number of nitrogens with one attached hydrogen (secondary N) is 1. The number of nitrogens with zero attached hydrogens (tertiary/aromatic N) is 2. The van der Waals surface area contributed by atoms with Crippen LogP contribution >= 0.6 is 0 Å². The normalized spacial score (nSPS) is 14.6. The summed E-state index contributed by atoms with van der Waals surface area (Å²) in [6, 6.07) is 1.85. The fourth-order valence-electron chi connectivity index (χ4n) is 1.83. The minimum absolute atomic E-state index is 0.118. The molecular weight excluding hydrogens is 254 g/mol. The maximum Gasteiger partial charge on any atom is 0.226 e. The smallest absolute Gasteiger partial charge is 0.226 e. The third-order valence-electron chi connectivity index (χ3n) is 2.99. The molecule has 5 heteroatoms. The quantitative estimate of drug-likeness (QED) is 0.704. The Morgan fingerprint density at radius 2 is 2.15 bits per heavy atom. The Morgan fingerprint density at radius 1 is 1.35 bits per heavy atom. The van der Waals surface area contributed by atoms with Gasteiger partial charge in [-0.2, -0.15) is 4.98 Å². The van der Waals surface area contributed by atoms with E-state index in [4.69, 9.17) is 9.47 Å². The number of aromatic nitrogens is 2. The number of rotatable bonds is 9. The molecule has 1 saturated carbocycles. The van der Waals surface area contributed by atoms with Crippen LogP contribution in [0.5, 0.6) is 5.88 Å². The summed E-state index contributed by atoms with van der Waals surface area (Å²) in [5, 5.41) is 3.22. The molecule has 1 heterocycles. The van der Waals surface area contributed by atoms with Gasteiger partial charge in [0.2, 0.25) is 11.8 Å². The van der Waals surface area contributed by atoms with Crippen LogP contribution in [-0.4, -0.2) is 35.8 Å². The van der Waals surface area contributed by atoms with Gasteiger partial charge in [-0.1, -0.05) is 0 Å². The molecule has 0 aromatic carbocycles. The molecule has 1 N–H and O–H groups in total. The first-order valence-corrected chi connectivity index (χ1v) is 7.47. The van der Waals surface area contributed by atoms with E-state index in [1.807, 2.05) is 26.8 Å². The summed E-state index contributed by atoms with van der Waals surface area (Å²) in [5.41, 5.74) is 0.906. The lowest BCUT2D eigenvalue weighted by atomic mass is 10.4. The van der Waals surface area contributed by atoms with Crippen molar-refractivity contribution in [2.45, 2.75) is 46.1 Å². The highest BCUT2D eigenvalue weighted by Crippen LogP contribution is 2.28. The highest BCUT2D eigenvalue weighted by Gasteiger charge is 2.20. The van der Waals surface area contributed by atoms with Crippen LogP contribution < -0.4 is 10.1 Å². The van der Waals surface area contributed by atoms with Gasteiger partial charge >= 0.3 is 0 Å². The standard InChI is InChI=1S/C15H25N3O2/c1-11(2)20-14-9-12(3)17-15(18-14)16-7-4-8-19-10-13-5-6-13/h9,11,13H,4-8,10H2,1-3H3,(H,16,17,18). The van der Waals surface area contributed by atoms with Crippen molar-refractivity contribution in [3.05, 3.63) is 11.8 Å². The molecule has 1 aliphatic rings.